The summed E-state index contributed by atoms with van der Waals surface area (Å²) in [6, 6.07) is 23.5. The molecule has 4 aromatic rings. The Kier molecular flexibility index (Phi) is 6.97. The number of para-hydroxylation sites is 1. The molecule has 1 unspecified atom stereocenters. The highest BCUT2D eigenvalue weighted by atomic mass is 32.2. The van der Waals surface area contributed by atoms with Crippen LogP contribution < -0.4 is 5.32 Å². The number of rotatable bonds is 7. The van der Waals surface area contributed by atoms with Crippen molar-refractivity contribution < 1.29 is 9.72 Å². The molecule has 0 saturated heterocycles. The maximum absolute atomic E-state index is 13.3. The molecule has 0 saturated carbocycles. The van der Waals surface area contributed by atoms with E-state index < -0.39 is 10.2 Å². The molecule has 0 aliphatic heterocycles. The van der Waals surface area contributed by atoms with E-state index in [2.05, 4.69) is 10.4 Å². The minimum atomic E-state index is -0.683. The monoisotopic (exact) mass is 494 g/mol. The van der Waals surface area contributed by atoms with Crippen LogP contribution in [0.1, 0.15) is 16.4 Å². The topological polar surface area (TPSA) is 90.1 Å². The van der Waals surface area contributed by atoms with Gasteiger partial charge in [-0.3, -0.25) is 14.9 Å². The first kappa shape index (κ1) is 22.8. The number of carbonyl (C=O) groups is 1. The number of anilines is 1. The van der Waals surface area contributed by atoms with Crippen molar-refractivity contribution in [2.75, 3.05) is 5.32 Å². The molecular weight excluding hydrogens is 476 g/mol. The number of nitro benzene ring substituents is 1. The van der Waals surface area contributed by atoms with E-state index in [1.165, 1.54) is 29.2 Å². The fraction of sp³-hybridized carbons (Fsp3) is 0.0870. The first-order valence-corrected chi connectivity index (χ1v) is 12.0. The molecule has 166 valence electrons. The van der Waals surface area contributed by atoms with Crippen LogP contribution in [-0.4, -0.2) is 20.6 Å². The number of nitrogens with one attached hydrogen (secondary N) is 1. The van der Waals surface area contributed by atoms with Crippen molar-refractivity contribution in [1.29, 1.82) is 0 Å². The van der Waals surface area contributed by atoms with Crippen LogP contribution in [0.2, 0.25) is 0 Å². The van der Waals surface area contributed by atoms with Gasteiger partial charge in [-0.05, 0) is 48.5 Å². The van der Waals surface area contributed by atoms with Gasteiger partial charge >= 0.3 is 0 Å². The highest BCUT2D eigenvalue weighted by Crippen LogP contribution is 2.38. The normalized spacial score (nSPS) is 11.7. The van der Waals surface area contributed by atoms with Crippen LogP contribution in [0.4, 0.5) is 11.4 Å². The number of benzene rings is 3. The lowest BCUT2D eigenvalue weighted by atomic mass is 10.1. The molecule has 0 bridgehead atoms. The summed E-state index contributed by atoms with van der Waals surface area (Å²) in [6.45, 7) is 1.76. The molecule has 7 nitrogen and oxygen atoms in total. The summed E-state index contributed by atoms with van der Waals surface area (Å²) in [5.41, 5.74) is 2.33. The van der Waals surface area contributed by atoms with E-state index in [9.17, 15) is 14.9 Å². The maximum Gasteiger partial charge on any atom is 0.293 e. The standard InChI is InChI=1S/C23H18N4O3S3/c1-15-12-13-18(19(14-15)27(29)30)24-21(28)20(16-8-4-2-5-9-16)32-22-25-26(23(31)33-22)17-10-6-3-7-11-17/h2-14,20H,1H3,(H,24,28). The Morgan fingerprint density at radius 1 is 1.12 bits per heavy atom. The van der Waals surface area contributed by atoms with Crippen molar-refractivity contribution in [2.45, 2.75) is 16.5 Å². The number of nitrogens with zero attached hydrogens (tertiary/aromatic N) is 3. The number of thioether (sulfide) groups is 1. The number of amides is 1. The number of nitro groups is 1. The van der Waals surface area contributed by atoms with E-state index in [0.717, 1.165) is 16.8 Å². The molecular formula is C23H18N4O3S3. The van der Waals surface area contributed by atoms with Crippen LogP contribution >= 0.6 is 35.3 Å². The molecule has 1 N–H and O–H groups in total. The first-order valence-electron chi connectivity index (χ1n) is 9.85. The van der Waals surface area contributed by atoms with Gasteiger partial charge in [0.05, 0.1) is 10.6 Å². The van der Waals surface area contributed by atoms with Gasteiger partial charge in [-0.25, -0.2) is 4.68 Å². The van der Waals surface area contributed by atoms with E-state index in [-0.39, 0.29) is 17.3 Å². The third-order valence-corrected chi connectivity index (χ3v) is 7.27. The highest BCUT2D eigenvalue weighted by Gasteiger charge is 2.26. The Labute approximate surface area is 203 Å². The Balaban J connectivity index is 1.66. The zero-order valence-corrected chi connectivity index (χ0v) is 19.8. The smallest absolute Gasteiger partial charge is 0.293 e. The van der Waals surface area contributed by atoms with Crippen molar-refractivity contribution in [3.63, 3.8) is 0 Å². The van der Waals surface area contributed by atoms with Crippen molar-refractivity contribution in [3.8, 4) is 5.69 Å². The Morgan fingerprint density at radius 3 is 2.45 bits per heavy atom. The van der Waals surface area contributed by atoms with Crippen molar-refractivity contribution in [1.82, 2.24) is 9.78 Å². The second-order valence-electron chi connectivity index (χ2n) is 7.06. The first-order chi connectivity index (χ1) is 15.9. The fourth-order valence-corrected chi connectivity index (χ4v) is 5.69. The average Bonchev–Trinajstić information content (AvgIpc) is 3.19. The molecule has 1 heterocycles. The number of hydrogen-bond donors (Lipinski definition) is 1. The largest absolute Gasteiger partial charge is 0.319 e. The predicted molar refractivity (Wildman–Crippen MR) is 134 cm³/mol. The average molecular weight is 495 g/mol. The zero-order valence-electron chi connectivity index (χ0n) is 17.4. The van der Waals surface area contributed by atoms with Crippen LogP contribution in [0.15, 0.2) is 83.2 Å². The van der Waals surface area contributed by atoms with Crippen molar-refractivity contribution >= 4 is 52.6 Å². The van der Waals surface area contributed by atoms with E-state index in [1.54, 1.807) is 23.7 Å². The number of aromatic nitrogens is 2. The lowest BCUT2D eigenvalue weighted by molar-refractivity contribution is -0.384. The molecule has 0 aliphatic rings. The Morgan fingerprint density at radius 2 is 1.79 bits per heavy atom. The third kappa shape index (κ3) is 5.36. The quantitative estimate of drug-likeness (QED) is 0.139. The van der Waals surface area contributed by atoms with E-state index in [0.29, 0.717) is 8.29 Å². The predicted octanol–water partition coefficient (Wildman–Crippen LogP) is 6.35. The van der Waals surface area contributed by atoms with Crippen LogP contribution in [-0.2, 0) is 4.79 Å². The molecule has 0 spiro atoms. The minimum absolute atomic E-state index is 0.149. The number of hydrogen-bond acceptors (Lipinski definition) is 7. The summed E-state index contributed by atoms with van der Waals surface area (Å²) in [5.74, 6) is -0.384. The molecule has 0 aliphatic carbocycles. The summed E-state index contributed by atoms with van der Waals surface area (Å²) in [4.78, 5) is 24.3. The lowest BCUT2D eigenvalue weighted by Gasteiger charge is -2.16. The maximum atomic E-state index is 13.3. The van der Waals surface area contributed by atoms with Gasteiger partial charge in [-0.1, -0.05) is 77.7 Å². The van der Waals surface area contributed by atoms with Gasteiger partial charge in [0, 0.05) is 6.07 Å². The minimum Gasteiger partial charge on any atom is -0.319 e. The van der Waals surface area contributed by atoms with Gasteiger partial charge in [0.1, 0.15) is 10.9 Å². The number of aryl methyl sites for hydroxylation is 1. The van der Waals surface area contributed by atoms with Gasteiger partial charge in [-0.15, -0.1) is 5.10 Å². The Bertz CT molecular complexity index is 1350. The van der Waals surface area contributed by atoms with E-state index in [1.807, 2.05) is 60.7 Å². The summed E-state index contributed by atoms with van der Waals surface area (Å²) in [7, 11) is 0. The van der Waals surface area contributed by atoms with Crippen LogP contribution in [0.5, 0.6) is 0 Å². The van der Waals surface area contributed by atoms with Gasteiger partial charge in [0.2, 0.25) is 5.91 Å². The van der Waals surface area contributed by atoms with Gasteiger partial charge in [-0.2, -0.15) is 0 Å². The SMILES string of the molecule is Cc1ccc(NC(=O)C(Sc2nn(-c3ccccc3)c(=S)s2)c2ccccc2)c([N+](=O)[O-])c1. The Hall–Kier alpha value is -3.34. The molecule has 0 fully saturated rings. The molecule has 4 rings (SSSR count). The van der Waals surface area contributed by atoms with E-state index in [4.69, 9.17) is 12.2 Å². The molecule has 1 aromatic heterocycles. The van der Waals surface area contributed by atoms with Crippen molar-refractivity contribution in [3.05, 3.63) is 104 Å². The molecule has 33 heavy (non-hydrogen) atoms. The fourth-order valence-electron chi connectivity index (χ4n) is 3.14. The van der Waals surface area contributed by atoms with Gasteiger partial charge < -0.3 is 5.32 Å². The van der Waals surface area contributed by atoms with E-state index >= 15 is 0 Å². The van der Waals surface area contributed by atoms with Gasteiger partial charge in [0.25, 0.3) is 5.69 Å². The lowest BCUT2D eigenvalue weighted by Crippen LogP contribution is -2.19. The molecule has 1 amide bonds. The summed E-state index contributed by atoms with van der Waals surface area (Å²) >= 11 is 8.04. The van der Waals surface area contributed by atoms with Crippen LogP contribution in [0, 0.1) is 21.0 Å². The van der Waals surface area contributed by atoms with Crippen LogP contribution in [0.3, 0.4) is 0 Å². The summed E-state index contributed by atoms with van der Waals surface area (Å²) in [6.07, 6.45) is 0. The highest BCUT2D eigenvalue weighted by molar-refractivity contribution is 8.02. The molecule has 10 heteroatoms. The molecule has 1 atom stereocenters. The summed E-state index contributed by atoms with van der Waals surface area (Å²) < 4.78 is 2.84. The third-order valence-electron chi connectivity index (χ3n) is 4.70. The van der Waals surface area contributed by atoms with Crippen molar-refractivity contribution in [2.24, 2.45) is 0 Å². The second-order valence-corrected chi connectivity index (χ2v) is 10.0. The second kappa shape index (κ2) is 10.1. The number of carbonyl (C=O) groups excluding carboxylic acids is 1. The van der Waals surface area contributed by atoms with Crippen LogP contribution in [0.25, 0.3) is 5.69 Å². The molecule has 3 aromatic carbocycles. The molecule has 0 radical (unpaired) electrons. The summed E-state index contributed by atoms with van der Waals surface area (Å²) in [5, 5.41) is 18.1. The zero-order chi connectivity index (χ0) is 23.4. The van der Waals surface area contributed by atoms with Gasteiger partial charge in [0.15, 0.2) is 8.29 Å².